The zero-order valence-corrected chi connectivity index (χ0v) is 13.4. The maximum absolute atomic E-state index is 6.48. The van der Waals surface area contributed by atoms with Crippen molar-refractivity contribution in [1.82, 2.24) is 5.32 Å². The van der Waals surface area contributed by atoms with Crippen molar-refractivity contribution in [2.45, 2.75) is 51.5 Å². The van der Waals surface area contributed by atoms with Gasteiger partial charge in [0, 0.05) is 11.1 Å². The predicted octanol–water partition coefficient (Wildman–Crippen LogP) is 4.97. The number of rotatable bonds is 6. The predicted molar refractivity (Wildman–Crippen MR) is 85.6 cm³/mol. The minimum absolute atomic E-state index is 0.383. The summed E-state index contributed by atoms with van der Waals surface area (Å²) in [6.07, 6.45) is 7.85. The van der Waals surface area contributed by atoms with Crippen molar-refractivity contribution in [2.75, 3.05) is 13.7 Å². The largest absolute Gasteiger partial charge is 0.497 e. The van der Waals surface area contributed by atoms with E-state index in [0.29, 0.717) is 12.0 Å². The number of hydrogen-bond acceptors (Lipinski definition) is 2. The Balaban J connectivity index is 2.20. The summed E-state index contributed by atoms with van der Waals surface area (Å²) < 4.78 is 5.25. The van der Waals surface area contributed by atoms with E-state index in [1.54, 1.807) is 7.11 Å². The number of ether oxygens (including phenoxy) is 1. The molecule has 0 spiro atoms. The van der Waals surface area contributed by atoms with Gasteiger partial charge in [-0.05, 0) is 49.4 Å². The number of hydrogen-bond donors (Lipinski definition) is 1. The maximum Gasteiger partial charge on any atom is 0.120 e. The highest BCUT2D eigenvalue weighted by atomic mass is 35.5. The van der Waals surface area contributed by atoms with E-state index in [9.17, 15) is 0 Å². The van der Waals surface area contributed by atoms with Gasteiger partial charge in [-0.1, -0.05) is 43.9 Å². The average Bonchev–Trinajstić information content (AvgIpc) is 2.50. The molecule has 20 heavy (non-hydrogen) atoms. The van der Waals surface area contributed by atoms with Crippen LogP contribution in [0.1, 0.15) is 57.1 Å². The molecule has 1 aromatic carbocycles. The standard InChI is InChI=1S/C17H26ClNO/c1-3-11-19-17(13-7-5-4-6-8-13)15-10-9-14(20-2)12-16(15)18/h9-10,12-13,17,19H,3-8,11H2,1-2H3. The second-order valence-electron chi connectivity index (χ2n) is 5.72. The van der Waals surface area contributed by atoms with Crippen LogP contribution in [0.25, 0.3) is 0 Å². The zero-order chi connectivity index (χ0) is 14.4. The van der Waals surface area contributed by atoms with Crippen molar-refractivity contribution in [2.24, 2.45) is 5.92 Å². The third-order valence-electron chi connectivity index (χ3n) is 4.28. The lowest BCUT2D eigenvalue weighted by Gasteiger charge is -2.32. The lowest BCUT2D eigenvalue weighted by molar-refractivity contribution is 0.272. The summed E-state index contributed by atoms with van der Waals surface area (Å²) in [6, 6.07) is 6.46. The first-order chi connectivity index (χ1) is 9.76. The van der Waals surface area contributed by atoms with E-state index < -0.39 is 0 Å². The van der Waals surface area contributed by atoms with Crippen LogP contribution in [0.2, 0.25) is 5.02 Å². The van der Waals surface area contributed by atoms with Crippen molar-refractivity contribution in [3.05, 3.63) is 28.8 Å². The number of halogens is 1. The summed E-state index contributed by atoms with van der Waals surface area (Å²) in [6.45, 7) is 3.25. The molecule has 2 nitrogen and oxygen atoms in total. The van der Waals surface area contributed by atoms with Crippen LogP contribution in [0.4, 0.5) is 0 Å². The Hall–Kier alpha value is -0.730. The lowest BCUT2D eigenvalue weighted by atomic mass is 9.81. The molecule has 1 aliphatic rings. The van der Waals surface area contributed by atoms with Crippen molar-refractivity contribution >= 4 is 11.6 Å². The molecule has 1 aliphatic carbocycles. The van der Waals surface area contributed by atoms with Crippen LogP contribution in [-0.4, -0.2) is 13.7 Å². The smallest absolute Gasteiger partial charge is 0.120 e. The molecule has 0 bridgehead atoms. The Morgan fingerprint density at radius 3 is 2.65 bits per heavy atom. The normalized spacial score (nSPS) is 17.9. The lowest BCUT2D eigenvalue weighted by Crippen LogP contribution is -2.30. The Morgan fingerprint density at radius 1 is 1.30 bits per heavy atom. The van der Waals surface area contributed by atoms with Gasteiger partial charge in [-0.3, -0.25) is 0 Å². The van der Waals surface area contributed by atoms with E-state index in [1.165, 1.54) is 37.7 Å². The fourth-order valence-corrected chi connectivity index (χ4v) is 3.47. The van der Waals surface area contributed by atoms with Gasteiger partial charge in [-0.25, -0.2) is 0 Å². The van der Waals surface area contributed by atoms with E-state index >= 15 is 0 Å². The second-order valence-corrected chi connectivity index (χ2v) is 6.12. The maximum atomic E-state index is 6.48. The molecule has 0 aliphatic heterocycles. The summed E-state index contributed by atoms with van der Waals surface area (Å²) in [4.78, 5) is 0. The molecule has 1 unspecified atom stereocenters. The molecule has 0 radical (unpaired) electrons. The van der Waals surface area contributed by atoms with Gasteiger partial charge in [0.15, 0.2) is 0 Å². The number of nitrogens with one attached hydrogen (secondary N) is 1. The molecule has 0 aromatic heterocycles. The first kappa shape index (κ1) is 15.7. The van der Waals surface area contributed by atoms with Crippen molar-refractivity contribution in [3.63, 3.8) is 0 Å². The highest BCUT2D eigenvalue weighted by Crippen LogP contribution is 2.38. The SMILES string of the molecule is CCCNC(c1ccc(OC)cc1Cl)C1CCCCC1. The Kier molecular flexibility index (Phi) is 6.18. The van der Waals surface area contributed by atoms with Crippen LogP contribution < -0.4 is 10.1 Å². The molecule has 0 amide bonds. The number of benzene rings is 1. The van der Waals surface area contributed by atoms with Gasteiger partial charge < -0.3 is 10.1 Å². The topological polar surface area (TPSA) is 21.3 Å². The minimum atomic E-state index is 0.383. The summed E-state index contributed by atoms with van der Waals surface area (Å²) >= 11 is 6.48. The van der Waals surface area contributed by atoms with Gasteiger partial charge in [0.05, 0.1) is 7.11 Å². The monoisotopic (exact) mass is 295 g/mol. The quantitative estimate of drug-likeness (QED) is 0.800. The second kappa shape index (κ2) is 7.90. The van der Waals surface area contributed by atoms with E-state index in [0.717, 1.165) is 23.7 Å². The van der Waals surface area contributed by atoms with Gasteiger partial charge in [0.1, 0.15) is 5.75 Å². The van der Waals surface area contributed by atoms with E-state index in [4.69, 9.17) is 16.3 Å². The molecular weight excluding hydrogens is 270 g/mol. The van der Waals surface area contributed by atoms with Gasteiger partial charge >= 0.3 is 0 Å². The Morgan fingerprint density at radius 2 is 2.05 bits per heavy atom. The molecule has 112 valence electrons. The molecule has 0 saturated heterocycles. The third kappa shape index (κ3) is 3.89. The highest BCUT2D eigenvalue weighted by molar-refractivity contribution is 6.31. The fourth-order valence-electron chi connectivity index (χ4n) is 3.18. The first-order valence-electron chi connectivity index (χ1n) is 7.83. The Labute approximate surface area is 127 Å². The molecule has 1 atom stereocenters. The van der Waals surface area contributed by atoms with Crippen molar-refractivity contribution < 1.29 is 4.74 Å². The molecule has 1 N–H and O–H groups in total. The molecule has 1 aromatic rings. The van der Waals surface area contributed by atoms with Crippen LogP contribution in [0.5, 0.6) is 5.75 Å². The third-order valence-corrected chi connectivity index (χ3v) is 4.61. The zero-order valence-electron chi connectivity index (χ0n) is 12.6. The molecule has 0 heterocycles. The molecule has 1 fully saturated rings. The summed E-state index contributed by atoms with van der Waals surface area (Å²) in [5.74, 6) is 1.54. The Bertz CT molecular complexity index is 415. The van der Waals surface area contributed by atoms with Crippen molar-refractivity contribution in [3.8, 4) is 5.75 Å². The van der Waals surface area contributed by atoms with Crippen LogP contribution >= 0.6 is 11.6 Å². The fraction of sp³-hybridized carbons (Fsp3) is 0.647. The summed E-state index contributed by atoms with van der Waals surface area (Å²) in [5, 5.41) is 4.53. The average molecular weight is 296 g/mol. The minimum Gasteiger partial charge on any atom is -0.497 e. The van der Waals surface area contributed by atoms with E-state index in [1.807, 2.05) is 12.1 Å². The van der Waals surface area contributed by atoms with Crippen LogP contribution in [0.3, 0.4) is 0 Å². The molecular formula is C17H26ClNO. The van der Waals surface area contributed by atoms with Gasteiger partial charge in [-0.2, -0.15) is 0 Å². The van der Waals surface area contributed by atoms with Crippen LogP contribution in [0, 0.1) is 5.92 Å². The summed E-state index contributed by atoms with van der Waals surface area (Å²) in [7, 11) is 1.68. The molecule has 1 saturated carbocycles. The number of methoxy groups -OCH3 is 1. The molecule has 2 rings (SSSR count). The van der Waals surface area contributed by atoms with Crippen LogP contribution in [0.15, 0.2) is 18.2 Å². The van der Waals surface area contributed by atoms with Crippen molar-refractivity contribution in [1.29, 1.82) is 0 Å². The van der Waals surface area contributed by atoms with Crippen LogP contribution in [-0.2, 0) is 0 Å². The summed E-state index contributed by atoms with van der Waals surface area (Å²) in [5.41, 5.74) is 1.23. The van der Waals surface area contributed by atoms with E-state index in [2.05, 4.69) is 18.3 Å². The first-order valence-corrected chi connectivity index (χ1v) is 8.21. The van der Waals surface area contributed by atoms with Gasteiger partial charge in [0.25, 0.3) is 0 Å². The molecule has 3 heteroatoms. The van der Waals surface area contributed by atoms with Gasteiger partial charge in [0.2, 0.25) is 0 Å². The van der Waals surface area contributed by atoms with E-state index in [-0.39, 0.29) is 0 Å². The highest BCUT2D eigenvalue weighted by Gasteiger charge is 2.26. The van der Waals surface area contributed by atoms with Gasteiger partial charge in [-0.15, -0.1) is 0 Å².